The van der Waals surface area contributed by atoms with Crippen LogP contribution in [0.15, 0.2) is 18.2 Å². The Kier molecular flexibility index (Phi) is 5.07. The van der Waals surface area contributed by atoms with Crippen molar-refractivity contribution in [3.8, 4) is 5.75 Å². The topological polar surface area (TPSA) is 9.23 Å². The van der Waals surface area contributed by atoms with Crippen LogP contribution in [0.4, 0.5) is 4.39 Å². The summed E-state index contributed by atoms with van der Waals surface area (Å²) in [6, 6.07) is 5.23. The van der Waals surface area contributed by atoms with Crippen LogP contribution in [0.5, 0.6) is 5.75 Å². The first kappa shape index (κ1) is 13.3. The average Bonchev–Trinajstić information content (AvgIpc) is 2.27. The van der Waals surface area contributed by atoms with Crippen molar-refractivity contribution in [2.75, 3.05) is 7.11 Å². The molecule has 0 spiro atoms. The predicted octanol–water partition coefficient (Wildman–Crippen LogP) is 4.03. The van der Waals surface area contributed by atoms with E-state index in [1.807, 2.05) is 13.0 Å². The summed E-state index contributed by atoms with van der Waals surface area (Å²) in [5.41, 5.74) is 0.679. The highest BCUT2D eigenvalue weighted by atomic mass is 35.5. The van der Waals surface area contributed by atoms with Crippen LogP contribution in [-0.2, 0) is 6.42 Å². The molecule has 1 aromatic rings. The molecule has 0 amide bonds. The van der Waals surface area contributed by atoms with Crippen molar-refractivity contribution in [2.45, 2.75) is 32.1 Å². The Labute approximate surface area is 102 Å². The van der Waals surface area contributed by atoms with Crippen molar-refractivity contribution in [2.24, 2.45) is 5.92 Å². The molecule has 3 heteroatoms. The average molecular weight is 245 g/mol. The zero-order valence-corrected chi connectivity index (χ0v) is 10.7. The molecule has 1 rings (SSSR count). The highest BCUT2D eigenvalue weighted by Gasteiger charge is 2.17. The van der Waals surface area contributed by atoms with Gasteiger partial charge in [-0.15, -0.1) is 11.6 Å². The van der Waals surface area contributed by atoms with Gasteiger partial charge in [0.1, 0.15) is 0 Å². The van der Waals surface area contributed by atoms with Gasteiger partial charge in [-0.05, 0) is 30.9 Å². The standard InChI is InChI=1S/C13H18ClFO/c1-4-10(9(2)14)8-11-6-5-7-12(16-3)13(11)15/h5-7,9-10H,4,8H2,1-3H3. The molecule has 1 aromatic carbocycles. The minimum absolute atomic E-state index is 0.0515. The number of hydrogen-bond acceptors (Lipinski definition) is 1. The Balaban J connectivity index is 2.88. The summed E-state index contributed by atoms with van der Waals surface area (Å²) >= 11 is 6.07. The van der Waals surface area contributed by atoms with Crippen molar-refractivity contribution in [1.82, 2.24) is 0 Å². The molecule has 0 saturated heterocycles. The molecule has 0 N–H and O–H groups in total. The first-order chi connectivity index (χ1) is 7.60. The number of hydrogen-bond donors (Lipinski definition) is 0. The Hall–Kier alpha value is -0.760. The van der Waals surface area contributed by atoms with E-state index < -0.39 is 0 Å². The van der Waals surface area contributed by atoms with E-state index in [9.17, 15) is 4.39 Å². The van der Waals surface area contributed by atoms with Gasteiger partial charge in [0.05, 0.1) is 7.11 Å². The van der Waals surface area contributed by atoms with Crippen molar-refractivity contribution in [3.63, 3.8) is 0 Å². The second-order valence-corrected chi connectivity index (χ2v) is 4.67. The van der Waals surface area contributed by atoms with E-state index >= 15 is 0 Å². The summed E-state index contributed by atoms with van der Waals surface area (Å²) in [4.78, 5) is 0. The van der Waals surface area contributed by atoms with Gasteiger partial charge in [0, 0.05) is 5.38 Å². The van der Waals surface area contributed by atoms with Crippen LogP contribution < -0.4 is 4.74 Å². The lowest BCUT2D eigenvalue weighted by atomic mass is 9.94. The first-order valence-corrected chi connectivity index (χ1v) is 5.99. The molecule has 2 atom stereocenters. The Morgan fingerprint density at radius 3 is 2.62 bits per heavy atom. The van der Waals surface area contributed by atoms with E-state index in [0.717, 1.165) is 6.42 Å². The zero-order chi connectivity index (χ0) is 12.1. The Morgan fingerprint density at radius 1 is 1.44 bits per heavy atom. The number of alkyl halides is 1. The van der Waals surface area contributed by atoms with Gasteiger partial charge in [0.25, 0.3) is 0 Å². The van der Waals surface area contributed by atoms with Crippen molar-refractivity contribution in [1.29, 1.82) is 0 Å². The molecule has 0 bridgehead atoms. The fourth-order valence-corrected chi connectivity index (χ4v) is 2.05. The largest absolute Gasteiger partial charge is 0.494 e. The summed E-state index contributed by atoms with van der Waals surface area (Å²) in [5, 5.41) is 0.0515. The number of benzene rings is 1. The van der Waals surface area contributed by atoms with E-state index in [1.165, 1.54) is 7.11 Å². The van der Waals surface area contributed by atoms with E-state index in [2.05, 4.69) is 6.92 Å². The van der Waals surface area contributed by atoms with Crippen molar-refractivity contribution >= 4 is 11.6 Å². The molecule has 16 heavy (non-hydrogen) atoms. The van der Waals surface area contributed by atoms with Crippen molar-refractivity contribution < 1.29 is 9.13 Å². The third kappa shape index (κ3) is 3.11. The smallest absolute Gasteiger partial charge is 0.168 e. The van der Waals surface area contributed by atoms with Gasteiger partial charge in [-0.3, -0.25) is 0 Å². The zero-order valence-electron chi connectivity index (χ0n) is 9.97. The molecule has 0 aliphatic carbocycles. The quantitative estimate of drug-likeness (QED) is 0.711. The molecular formula is C13H18ClFO. The number of ether oxygens (including phenoxy) is 1. The first-order valence-electron chi connectivity index (χ1n) is 5.55. The van der Waals surface area contributed by atoms with E-state index in [1.54, 1.807) is 12.1 Å². The lowest BCUT2D eigenvalue weighted by Gasteiger charge is -2.18. The van der Waals surface area contributed by atoms with Crippen LogP contribution in [0.25, 0.3) is 0 Å². The summed E-state index contributed by atoms with van der Waals surface area (Å²) in [6.45, 7) is 4.02. The van der Waals surface area contributed by atoms with Crippen LogP contribution in [0, 0.1) is 11.7 Å². The van der Waals surface area contributed by atoms with Gasteiger partial charge in [-0.25, -0.2) is 4.39 Å². The Bertz CT molecular complexity index is 339. The third-order valence-corrected chi connectivity index (χ3v) is 3.28. The Morgan fingerprint density at radius 2 is 2.12 bits per heavy atom. The maximum Gasteiger partial charge on any atom is 0.168 e. The summed E-state index contributed by atoms with van der Waals surface area (Å²) in [6.07, 6.45) is 1.60. The fourth-order valence-electron chi connectivity index (χ4n) is 1.79. The SMILES string of the molecule is CCC(Cc1cccc(OC)c1F)C(C)Cl. The lowest BCUT2D eigenvalue weighted by Crippen LogP contribution is -2.14. The van der Waals surface area contributed by atoms with Gasteiger partial charge < -0.3 is 4.74 Å². The number of rotatable bonds is 5. The molecule has 0 aromatic heterocycles. The summed E-state index contributed by atoms with van der Waals surface area (Å²) in [7, 11) is 1.48. The number of methoxy groups -OCH3 is 1. The van der Waals surface area contributed by atoms with E-state index in [-0.39, 0.29) is 11.2 Å². The fraction of sp³-hybridized carbons (Fsp3) is 0.538. The van der Waals surface area contributed by atoms with Crippen molar-refractivity contribution in [3.05, 3.63) is 29.6 Å². The van der Waals surface area contributed by atoms with Crippen LogP contribution in [0.3, 0.4) is 0 Å². The van der Waals surface area contributed by atoms with Crippen LogP contribution >= 0.6 is 11.6 Å². The molecule has 0 aliphatic rings. The van der Waals surface area contributed by atoms with Crippen LogP contribution in [0.1, 0.15) is 25.8 Å². The molecule has 0 radical (unpaired) electrons. The van der Waals surface area contributed by atoms with Gasteiger partial charge >= 0.3 is 0 Å². The highest BCUT2D eigenvalue weighted by Crippen LogP contribution is 2.25. The summed E-state index contributed by atoms with van der Waals surface area (Å²) < 4.78 is 18.8. The molecule has 90 valence electrons. The van der Waals surface area contributed by atoms with Crippen LogP contribution in [-0.4, -0.2) is 12.5 Å². The van der Waals surface area contributed by atoms with Gasteiger partial charge in [-0.2, -0.15) is 0 Å². The summed E-state index contributed by atoms with van der Waals surface area (Å²) in [5.74, 6) is 0.332. The normalized spacial score (nSPS) is 14.6. The van der Waals surface area contributed by atoms with Gasteiger partial charge in [0.15, 0.2) is 11.6 Å². The second kappa shape index (κ2) is 6.09. The maximum atomic E-state index is 13.9. The third-order valence-electron chi connectivity index (χ3n) is 2.92. The van der Waals surface area contributed by atoms with Crippen LogP contribution in [0.2, 0.25) is 0 Å². The second-order valence-electron chi connectivity index (χ2n) is 3.98. The molecule has 0 saturated carbocycles. The van der Waals surface area contributed by atoms with E-state index in [4.69, 9.17) is 16.3 Å². The maximum absolute atomic E-state index is 13.9. The van der Waals surface area contributed by atoms with Gasteiger partial charge in [0.2, 0.25) is 0 Å². The molecule has 0 heterocycles. The predicted molar refractivity (Wildman–Crippen MR) is 65.8 cm³/mol. The molecule has 1 nitrogen and oxygen atoms in total. The van der Waals surface area contributed by atoms with Gasteiger partial charge in [-0.1, -0.05) is 25.5 Å². The monoisotopic (exact) mass is 244 g/mol. The molecule has 2 unspecified atom stereocenters. The minimum Gasteiger partial charge on any atom is -0.494 e. The lowest BCUT2D eigenvalue weighted by molar-refractivity contribution is 0.381. The molecular weight excluding hydrogens is 227 g/mol. The number of halogens is 2. The highest BCUT2D eigenvalue weighted by molar-refractivity contribution is 6.20. The molecule has 0 aliphatic heterocycles. The minimum atomic E-state index is -0.263. The van der Waals surface area contributed by atoms with E-state index in [0.29, 0.717) is 23.7 Å². The molecule has 0 fully saturated rings.